The van der Waals surface area contributed by atoms with Crippen molar-refractivity contribution < 1.29 is 8.78 Å². The maximum atomic E-state index is 13.6. The molecule has 0 spiro atoms. The predicted octanol–water partition coefficient (Wildman–Crippen LogP) is 3.25. The summed E-state index contributed by atoms with van der Waals surface area (Å²) < 4.78 is 27.3. The Bertz CT molecular complexity index is 167. The van der Waals surface area contributed by atoms with Gasteiger partial charge >= 0.3 is 0 Å². The highest BCUT2D eigenvalue weighted by atomic mass is 19.3. The summed E-state index contributed by atoms with van der Waals surface area (Å²) in [6.45, 7) is 9.01. The zero-order valence-corrected chi connectivity index (χ0v) is 10.1. The van der Waals surface area contributed by atoms with Crippen molar-refractivity contribution in [3.63, 3.8) is 0 Å². The molecule has 0 rings (SSSR count). The lowest BCUT2D eigenvalue weighted by Gasteiger charge is -2.32. The Balaban J connectivity index is 4.32. The van der Waals surface area contributed by atoms with Crippen LogP contribution in [0.25, 0.3) is 0 Å². The Morgan fingerprint density at radius 3 is 1.79 bits per heavy atom. The number of nitrogens with zero attached hydrogens (tertiary/aromatic N) is 1. The van der Waals surface area contributed by atoms with Gasteiger partial charge in [-0.25, -0.2) is 8.78 Å². The van der Waals surface area contributed by atoms with E-state index < -0.39 is 11.8 Å². The summed E-state index contributed by atoms with van der Waals surface area (Å²) in [5.74, 6) is -3.14. The van der Waals surface area contributed by atoms with E-state index in [-0.39, 0.29) is 18.5 Å². The van der Waals surface area contributed by atoms with E-state index in [1.54, 1.807) is 18.9 Å². The lowest BCUT2D eigenvalue weighted by Crippen LogP contribution is -2.43. The van der Waals surface area contributed by atoms with E-state index >= 15 is 0 Å². The van der Waals surface area contributed by atoms with Crippen molar-refractivity contribution in [2.75, 3.05) is 13.6 Å². The summed E-state index contributed by atoms with van der Waals surface area (Å²) in [5, 5.41) is 0. The van der Waals surface area contributed by atoms with Gasteiger partial charge in [0.15, 0.2) is 0 Å². The molecular formula is C11H23F2N. The number of hydrogen-bond donors (Lipinski definition) is 0. The van der Waals surface area contributed by atoms with E-state index in [1.165, 1.54) is 0 Å². The fourth-order valence-electron chi connectivity index (χ4n) is 1.15. The normalized spacial score (nSPS) is 15.6. The minimum Gasteiger partial charge on any atom is -0.298 e. The van der Waals surface area contributed by atoms with Crippen LogP contribution in [0.1, 0.15) is 34.6 Å². The van der Waals surface area contributed by atoms with Crippen molar-refractivity contribution in [1.29, 1.82) is 0 Å². The first-order valence-corrected chi connectivity index (χ1v) is 5.26. The highest BCUT2D eigenvalue weighted by molar-refractivity contribution is 4.79. The molecule has 0 aliphatic rings. The van der Waals surface area contributed by atoms with Gasteiger partial charge in [-0.05, 0) is 26.8 Å². The molecular weight excluding hydrogens is 184 g/mol. The molecule has 3 heteroatoms. The molecule has 0 bridgehead atoms. The van der Waals surface area contributed by atoms with Crippen molar-refractivity contribution in [2.45, 2.75) is 46.6 Å². The van der Waals surface area contributed by atoms with Crippen LogP contribution in [0.3, 0.4) is 0 Å². The number of halogens is 2. The van der Waals surface area contributed by atoms with Crippen molar-refractivity contribution in [1.82, 2.24) is 4.90 Å². The van der Waals surface area contributed by atoms with Crippen LogP contribution < -0.4 is 0 Å². The van der Waals surface area contributed by atoms with Gasteiger partial charge in [-0.1, -0.05) is 20.8 Å². The van der Waals surface area contributed by atoms with Crippen LogP contribution in [0.2, 0.25) is 0 Å². The maximum absolute atomic E-state index is 13.6. The summed E-state index contributed by atoms with van der Waals surface area (Å²) in [6.07, 6.45) is 0. The molecule has 0 aliphatic heterocycles. The first kappa shape index (κ1) is 13.8. The van der Waals surface area contributed by atoms with Gasteiger partial charge in [-0.3, -0.25) is 4.90 Å². The van der Waals surface area contributed by atoms with Gasteiger partial charge in [-0.2, -0.15) is 0 Å². The van der Waals surface area contributed by atoms with Gasteiger partial charge in [0.1, 0.15) is 0 Å². The summed E-state index contributed by atoms with van der Waals surface area (Å²) >= 11 is 0. The average molecular weight is 207 g/mol. The molecule has 0 N–H and O–H groups in total. The second kappa shape index (κ2) is 5.06. The molecule has 0 aromatic heterocycles. The summed E-state index contributed by atoms with van der Waals surface area (Å²) in [5.41, 5.74) is 0. The highest BCUT2D eigenvalue weighted by Gasteiger charge is 2.39. The fraction of sp³-hybridized carbons (Fsp3) is 1.00. The van der Waals surface area contributed by atoms with Crippen LogP contribution in [-0.4, -0.2) is 30.5 Å². The van der Waals surface area contributed by atoms with E-state index in [9.17, 15) is 8.78 Å². The van der Waals surface area contributed by atoms with E-state index in [0.29, 0.717) is 0 Å². The summed E-state index contributed by atoms with van der Waals surface area (Å²) in [7, 11) is 1.74. The van der Waals surface area contributed by atoms with Gasteiger partial charge in [0.2, 0.25) is 0 Å². The number of alkyl halides is 2. The van der Waals surface area contributed by atoms with Crippen LogP contribution in [0.4, 0.5) is 8.78 Å². The Morgan fingerprint density at radius 2 is 1.50 bits per heavy atom. The molecule has 86 valence electrons. The van der Waals surface area contributed by atoms with Crippen LogP contribution in [0, 0.1) is 11.8 Å². The van der Waals surface area contributed by atoms with E-state index in [1.807, 2.05) is 27.7 Å². The molecule has 0 aromatic carbocycles. The van der Waals surface area contributed by atoms with Crippen molar-refractivity contribution >= 4 is 0 Å². The van der Waals surface area contributed by atoms with Crippen LogP contribution in [0.5, 0.6) is 0 Å². The first-order chi connectivity index (χ1) is 6.18. The van der Waals surface area contributed by atoms with Crippen LogP contribution >= 0.6 is 0 Å². The Labute approximate surface area is 86.5 Å². The molecule has 0 heterocycles. The standard InChI is InChI=1S/C11H23F2N/c1-8(2)10(5)11(12,13)7-14(6)9(3)4/h8-10H,7H2,1-6H3. The van der Waals surface area contributed by atoms with Gasteiger partial charge in [0.25, 0.3) is 5.92 Å². The third kappa shape index (κ3) is 3.91. The van der Waals surface area contributed by atoms with Gasteiger partial charge in [-0.15, -0.1) is 0 Å². The third-order valence-corrected chi connectivity index (χ3v) is 3.01. The summed E-state index contributed by atoms with van der Waals surface area (Å²) in [4.78, 5) is 1.69. The van der Waals surface area contributed by atoms with Gasteiger partial charge in [0, 0.05) is 12.0 Å². The zero-order valence-electron chi connectivity index (χ0n) is 10.1. The minimum absolute atomic E-state index is 0.0190. The molecule has 0 radical (unpaired) electrons. The molecule has 0 aliphatic carbocycles. The second-order valence-corrected chi connectivity index (χ2v) is 4.80. The molecule has 0 saturated carbocycles. The topological polar surface area (TPSA) is 3.24 Å². The average Bonchev–Trinajstić information content (AvgIpc) is 2.01. The van der Waals surface area contributed by atoms with Gasteiger partial charge < -0.3 is 0 Å². The van der Waals surface area contributed by atoms with Gasteiger partial charge in [0.05, 0.1) is 6.54 Å². The Morgan fingerprint density at radius 1 is 1.07 bits per heavy atom. The highest BCUT2D eigenvalue weighted by Crippen LogP contribution is 2.31. The van der Waals surface area contributed by atoms with Crippen molar-refractivity contribution in [3.8, 4) is 0 Å². The molecule has 1 nitrogen and oxygen atoms in total. The van der Waals surface area contributed by atoms with Crippen molar-refractivity contribution in [2.24, 2.45) is 11.8 Å². The lowest BCUT2D eigenvalue weighted by atomic mass is 9.91. The molecule has 0 saturated heterocycles. The smallest absolute Gasteiger partial charge is 0.263 e. The quantitative estimate of drug-likeness (QED) is 0.669. The largest absolute Gasteiger partial charge is 0.298 e. The van der Waals surface area contributed by atoms with E-state index in [4.69, 9.17) is 0 Å². The molecule has 0 fully saturated rings. The number of rotatable bonds is 5. The van der Waals surface area contributed by atoms with Crippen LogP contribution in [0.15, 0.2) is 0 Å². The molecule has 14 heavy (non-hydrogen) atoms. The SMILES string of the molecule is CC(C)C(C)C(F)(F)CN(C)C(C)C. The zero-order chi connectivity index (χ0) is 11.5. The van der Waals surface area contributed by atoms with E-state index in [2.05, 4.69) is 0 Å². The lowest BCUT2D eigenvalue weighted by molar-refractivity contribution is -0.0902. The molecule has 1 unspecified atom stereocenters. The molecule has 1 atom stereocenters. The molecule has 0 amide bonds. The summed E-state index contributed by atoms with van der Waals surface area (Å²) in [6, 6.07) is 0.167. The Kier molecular flexibility index (Phi) is 4.99. The third-order valence-electron chi connectivity index (χ3n) is 3.01. The minimum atomic E-state index is -2.59. The Hall–Kier alpha value is -0.180. The fourth-order valence-corrected chi connectivity index (χ4v) is 1.15. The van der Waals surface area contributed by atoms with E-state index in [0.717, 1.165) is 0 Å². The maximum Gasteiger partial charge on any atom is 0.263 e. The first-order valence-electron chi connectivity index (χ1n) is 5.26. The van der Waals surface area contributed by atoms with Crippen molar-refractivity contribution in [3.05, 3.63) is 0 Å². The molecule has 0 aromatic rings. The number of hydrogen-bond acceptors (Lipinski definition) is 1. The van der Waals surface area contributed by atoms with Crippen LogP contribution in [-0.2, 0) is 0 Å². The monoisotopic (exact) mass is 207 g/mol. The predicted molar refractivity (Wildman–Crippen MR) is 56.7 cm³/mol. The second-order valence-electron chi connectivity index (χ2n) is 4.80.